The third-order valence-corrected chi connectivity index (χ3v) is 5.99. The van der Waals surface area contributed by atoms with E-state index in [2.05, 4.69) is 10.2 Å². The van der Waals surface area contributed by atoms with Gasteiger partial charge in [-0.25, -0.2) is 4.39 Å². The van der Waals surface area contributed by atoms with E-state index in [9.17, 15) is 14.0 Å². The Hall–Kier alpha value is -2.77. The van der Waals surface area contributed by atoms with Gasteiger partial charge in [0.1, 0.15) is 5.82 Å². The molecule has 0 spiro atoms. The summed E-state index contributed by atoms with van der Waals surface area (Å²) in [6.07, 6.45) is 1.51. The van der Waals surface area contributed by atoms with Crippen molar-refractivity contribution < 1.29 is 18.7 Å². The molecule has 31 heavy (non-hydrogen) atoms. The number of para-hydroxylation sites is 1. The fourth-order valence-corrected chi connectivity index (χ4v) is 4.15. The van der Waals surface area contributed by atoms with Crippen LogP contribution in [-0.4, -0.2) is 61.0 Å². The number of piperidine rings is 1. The van der Waals surface area contributed by atoms with Crippen molar-refractivity contribution >= 4 is 17.5 Å². The minimum atomic E-state index is -0.230. The van der Waals surface area contributed by atoms with Crippen LogP contribution in [-0.2, 0) is 16.1 Å². The van der Waals surface area contributed by atoms with Crippen LogP contribution in [0, 0.1) is 11.7 Å². The number of rotatable bonds is 5. The van der Waals surface area contributed by atoms with Crippen molar-refractivity contribution in [2.24, 2.45) is 5.92 Å². The Balaban J connectivity index is 1.33. The molecule has 2 heterocycles. The van der Waals surface area contributed by atoms with Gasteiger partial charge in [0.25, 0.3) is 5.91 Å². The van der Waals surface area contributed by atoms with Crippen molar-refractivity contribution in [1.82, 2.24) is 9.80 Å². The number of likely N-dealkylation sites (tertiary alicyclic amines) is 1. The number of hydrogen-bond donors (Lipinski definition) is 1. The molecular formula is C24H28FN3O3. The van der Waals surface area contributed by atoms with Crippen molar-refractivity contribution in [3.63, 3.8) is 0 Å². The Bertz CT molecular complexity index is 905. The first-order valence-electron chi connectivity index (χ1n) is 10.8. The minimum absolute atomic E-state index is 0.0383. The van der Waals surface area contributed by atoms with Crippen molar-refractivity contribution in [3.05, 3.63) is 65.5 Å². The standard InChI is InChI=1S/C24H28FN3O3/c25-20-7-5-18(6-8-20)17-27-11-9-19(10-12-27)23(29)26-22-4-2-1-3-21(22)24(30)28-13-15-31-16-14-28/h1-8,19H,9-17H2,(H,26,29). The molecule has 0 unspecified atom stereocenters. The van der Waals surface area contributed by atoms with Gasteiger partial charge in [0.05, 0.1) is 24.5 Å². The van der Waals surface area contributed by atoms with E-state index < -0.39 is 0 Å². The highest BCUT2D eigenvalue weighted by molar-refractivity contribution is 6.04. The first kappa shape index (κ1) is 21.5. The largest absolute Gasteiger partial charge is 0.378 e. The second-order valence-corrected chi connectivity index (χ2v) is 8.12. The van der Waals surface area contributed by atoms with E-state index in [1.165, 1.54) is 12.1 Å². The van der Waals surface area contributed by atoms with Crippen LogP contribution in [0.2, 0.25) is 0 Å². The van der Waals surface area contributed by atoms with E-state index >= 15 is 0 Å². The van der Waals surface area contributed by atoms with E-state index in [-0.39, 0.29) is 23.5 Å². The maximum atomic E-state index is 13.1. The lowest BCUT2D eigenvalue weighted by Gasteiger charge is -2.31. The summed E-state index contributed by atoms with van der Waals surface area (Å²) in [5.41, 5.74) is 2.16. The van der Waals surface area contributed by atoms with Crippen molar-refractivity contribution in [1.29, 1.82) is 0 Å². The molecule has 2 aliphatic heterocycles. The lowest BCUT2D eigenvalue weighted by Crippen LogP contribution is -2.41. The zero-order valence-electron chi connectivity index (χ0n) is 17.6. The van der Waals surface area contributed by atoms with Crippen molar-refractivity contribution in [3.8, 4) is 0 Å². The van der Waals surface area contributed by atoms with E-state index in [0.717, 1.165) is 38.0 Å². The molecule has 0 aromatic heterocycles. The molecule has 0 aliphatic carbocycles. The summed E-state index contributed by atoms with van der Waals surface area (Å²) in [7, 11) is 0. The monoisotopic (exact) mass is 425 g/mol. The molecule has 0 bridgehead atoms. The minimum Gasteiger partial charge on any atom is -0.378 e. The van der Waals surface area contributed by atoms with Gasteiger partial charge in [-0.2, -0.15) is 0 Å². The highest BCUT2D eigenvalue weighted by atomic mass is 19.1. The summed E-state index contributed by atoms with van der Waals surface area (Å²) in [6, 6.07) is 13.8. The first-order chi connectivity index (χ1) is 15.1. The smallest absolute Gasteiger partial charge is 0.256 e. The maximum Gasteiger partial charge on any atom is 0.256 e. The lowest BCUT2D eigenvalue weighted by atomic mass is 9.95. The Morgan fingerprint density at radius 1 is 0.968 bits per heavy atom. The molecule has 0 radical (unpaired) electrons. The second-order valence-electron chi connectivity index (χ2n) is 8.12. The molecule has 164 valence electrons. The fraction of sp³-hybridized carbons (Fsp3) is 0.417. The lowest BCUT2D eigenvalue weighted by molar-refractivity contribution is -0.121. The Morgan fingerprint density at radius 3 is 2.35 bits per heavy atom. The Kier molecular flexibility index (Phi) is 6.94. The third kappa shape index (κ3) is 5.48. The predicted molar refractivity (Wildman–Crippen MR) is 116 cm³/mol. The molecule has 0 saturated carbocycles. The topological polar surface area (TPSA) is 61.9 Å². The molecular weight excluding hydrogens is 397 g/mol. The van der Waals surface area contributed by atoms with Gasteiger partial charge >= 0.3 is 0 Å². The molecule has 2 fully saturated rings. The normalized spacial score (nSPS) is 18.0. The summed E-state index contributed by atoms with van der Waals surface area (Å²) < 4.78 is 18.4. The Labute approximate surface area is 182 Å². The summed E-state index contributed by atoms with van der Waals surface area (Å²) >= 11 is 0. The third-order valence-electron chi connectivity index (χ3n) is 5.99. The SMILES string of the molecule is O=C(Nc1ccccc1C(=O)N1CCOCC1)C1CCN(Cc2ccc(F)cc2)CC1. The quantitative estimate of drug-likeness (QED) is 0.800. The molecule has 4 rings (SSSR count). The van der Waals surface area contributed by atoms with Crippen LogP contribution in [0.1, 0.15) is 28.8 Å². The highest BCUT2D eigenvalue weighted by Gasteiger charge is 2.27. The number of morpholine rings is 1. The van der Waals surface area contributed by atoms with Crippen LogP contribution in [0.15, 0.2) is 48.5 Å². The van der Waals surface area contributed by atoms with E-state index in [1.54, 1.807) is 29.2 Å². The number of amides is 2. The number of carbonyl (C=O) groups excluding carboxylic acids is 2. The maximum absolute atomic E-state index is 13.1. The summed E-state index contributed by atoms with van der Waals surface area (Å²) in [5, 5.41) is 2.99. The number of hydrogen-bond acceptors (Lipinski definition) is 4. The molecule has 7 heteroatoms. The Morgan fingerprint density at radius 2 is 1.65 bits per heavy atom. The zero-order chi connectivity index (χ0) is 21.6. The first-order valence-corrected chi connectivity index (χ1v) is 10.8. The van der Waals surface area contributed by atoms with Crippen LogP contribution >= 0.6 is 0 Å². The van der Waals surface area contributed by atoms with Crippen LogP contribution in [0.25, 0.3) is 0 Å². The van der Waals surface area contributed by atoms with Crippen LogP contribution in [0.5, 0.6) is 0 Å². The summed E-state index contributed by atoms with van der Waals surface area (Å²) in [4.78, 5) is 29.9. The molecule has 2 aromatic rings. The van der Waals surface area contributed by atoms with Gasteiger partial charge in [0.15, 0.2) is 0 Å². The molecule has 2 saturated heterocycles. The average Bonchev–Trinajstić information content (AvgIpc) is 2.81. The van der Waals surface area contributed by atoms with Gasteiger partial charge in [-0.15, -0.1) is 0 Å². The average molecular weight is 426 g/mol. The number of ether oxygens (including phenoxy) is 1. The zero-order valence-corrected chi connectivity index (χ0v) is 17.6. The number of benzene rings is 2. The molecule has 2 aromatic carbocycles. The highest BCUT2D eigenvalue weighted by Crippen LogP contribution is 2.23. The van der Waals surface area contributed by atoms with Crippen molar-refractivity contribution in [2.75, 3.05) is 44.7 Å². The number of carbonyl (C=O) groups is 2. The van der Waals surface area contributed by atoms with Gasteiger partial charge in [-0.3, -0.25) is 14.5 Å². The molecule has 1 N–H and O–H groups in total. The van der Waals surface area contributed by atoms with Crippen LogP contribution in [0.4, 0.5) is 10.1 Å². The molecule has 6 nitrogen and oxygen atoms in total. The van der Waals surface area contributed by atoms with Gasteiger partial charge in [0, 0.05) is 25.6 Å². The molecule has 0 atom stereocenters. The van der Waals surface area contributed by atoms with Gasteiger partial charge in [0.2, 0.25) is 5.91 Å². The predicted octanol–water partition coefficient (Wildman–Crippen LogP) is 3.15. The summed E-state index contributed by atoms with van der Waals surface area (Å²) in [6.45, 7) is 4.58. The van der Waals surface area contributed by atoms with Gasteiger partial charge in [-0.1, -0.05) is 24.3 Å². The van der Waals surface area contributed by atoms with Crippen molar-refractivity contribution in [2.45, 2.75) is 19.4 Å². The van der Waals surface area contributed by atoms with E-state index in [0.29, 0.717) is 37.6 Å². The second kappa shape index (κ2) is 10.0. The number of nitrogens with zero attached hydrogens (tertiary/aromatic N) is 2. The number of nitrogens with one attached hydrogen (secondary N) is 1. The van der Waals surface area contributed by atoms with E-state index in [1.807, 2.05) is 12.1 Å². The van der Waals surface area contributed by atoms with Crippen LogP contribution in [0.3, 0.4) is 0 Å². The van der Waals surface area contributed by atoms with E-state index in [4.69, 9.17) is 4.74 Å². The molecule has 2 aliphatic rings. The summed E-state index contributed by atoms with van der Waals surface area (Å²) in [5.74, 6) is -0.431. The molecule has 2 amide bonds. The number of anilines is 1. The van der Waals surface area contributed by atoms with Crippen LogP contribution < -0.4 is 5.32 Å². The number of halogens is 1. The fourth-order valence-electron chi connectivity index (χ4n) is 4.15. The van der Waals surface area contributed by atoms with Gasteiger partial charge in [-0.05, 0) is 55.8 Å². The van der Waals surface area contributed by atoms with Gasteiger partial charge < -0.3 is 15.0 Å².